The van der Waals surface area contributed by atoms with Gasteiger partial charge in [0.05, 0.1) is 12.8 Å². The number of carbonyl (C=O) groups excluding carboxylic acids is 2. The van der Waals surface area contributed by atoms with Crippen molar-refractivity contribution in [3.63, 3.8) is 0 Å². The van der Waals surface area contributed by atoms with Crippen LogP contribution in [0, 0.1) is 0 Å². The molecule has 7 heteroatoms. The van der Waals surface area contributed by atoms with Crippen LogP contribution in [0.5, 0.6) is 5.75 Å². The van der Waals surface area contributed by atoms with Crippen molar-refractivity contribution in [2.45, 2.75) is 6.61 Å². The van der Waals surface area contributed by atoms with E-state index >= 15 is 0 Å². The number of nitrogens with zero attached hydrogens (tertiary/aromatic N) is 1. The molecule has 33 heavy (non-hydrogen) atoms. The van der Waals surface area contributed by atoms with E-state index in [1.165, 1.54) is 11.3 Å². The highest BCUT2D eigenvalue weighted by Crippen LogP contribution is 2.27. The Morgan fingerprint density at radius 3 is 2.39 bits per heavy atom. The predicted octanol–water partition coefficient (Wildman–Crippen LogP) is 4.96. The summed E-state index contributed by atoms with van der Waals surface area (Å²) in [5.41, 5.74) is 4.15. The zero-order valence-corrected chi connectivity index (χ0v) is 18.8. The Bertz CT molecular complexity index is 1240. The first-order valence-corrected chi connectivity index (χ1v) is 11.2. The summed E-state index contributed by atoms with van der Waals surface area (Å²) in [7, 11) is 1.62. The second-order valence-electron chi connectivity index (χ2n) is 7.16. The Morgan fingerprint density at radius 2 is 1.64 bits per heavy atom. The zero-order chi connectivity index (χ0) is 23.0. The maximum atomic E-state index is 12.3. The van der Waals surface area contributed by atoms with Crippen LogP contribution in [0.1, 0.15) is 16.1 Å². The van der Waals surface area contributed by atoms with Gasteiger partial charge in [-0.15, -0.1) is 11.3 Å². The molecule has 1 N–H and O–H groups in total. The molecule has 1 amide bonds. The van der Waals surface area contributed by atoms with Gasteiger partial charge in [0.25, 0.3) is 5.91 Å². The fourth-order valence-corrected chi connectivity index (χ4v) is 3.97. The van der Waals surface area contributed by atoms with Gasteiger partial charge < -0.3 is 14.8 Å². The molecule has 0 saturated carbocycles. The summed E-state index contributed by atoms with van der Waals surface area (Å²) >= 11 is 1.46. The molecule has 4 rings (SSSR count). The number of methoxy groups -OCH3 is 1. The molecule has 3 aromatic carbocycles. The predicted molar refractivity (Wildman–Crippen MR) is 128 cm³/mol. The highest BCUT2D eigenvalue weighted by Gasteiger charge is 2.11. The maximum absolute atomic E-state index is 12.3. The molecule has 0 radical (unpaired) electrons. The van der Waals surface area contributed by atoms with E-state index in [4.69, 9.17) is 9.47 Å². The van der Waals surface area contributed by atoms with Crippen molar-refractivity contribution >= 4 is 23.2 Å². The minimum absolute atomic E-state index is 0.0426. The zero-order valence-electron chi connectivity index (χ0n) is 18.0. The van der Waals surface area contributed by atoms with E-state index in [1.54, 1.807) is 19.2 Å². The van der Waals surface area contributed by atoms with Crippen molar-refractivity contribution in [2.75, 3.05) is 13.7 Å². The average molecular weight is 459 g/mol. The smallest absolute Gasteiger partial charge is 0.325 e. The molecule has 0 spiro atoms. The lowest BCUT2D eigenvalue weighted by Crippen LogP contribution is -2.30. The SMILES string of the molecule is COc1cccc(-c2nc(COC(=O)CNC(=O)c3ccc(-c4ccccc4)cc3)cs2)c1. The van der Waals surface area contributed by atoms with Gasteiger partial charge in [0.1, 0.15) is 23.9 Å². The lowest BCUT2D eigenvalue weighted by Gasteiger charge is -2.07. The molecule has 4 aromatic rings. The summed E-state index contributed by atoms with van der Waals surface area (Å²) in [5.74, 6) is -0.109. The van der Waals surface area contributed by atoms with E-state index in [0.29, 0.717) is 11.3 Å². The molecule has 1 aromatic heterocycles. The number of rotatable bonds is 8. The highest BCUT2D eigenvalue weighted by atomic mass is 32.1. The van der Waals surface area contributed by atoms with Crippen LogP contribution in [0.25, 0.3) is 21.7 Å². The number of esters is 1. The van der Waals surface area contributed by atoms with Crippen molar-refractivity contribution in [1.29, 1.82) is 0 Å². The summed E-state index contributed by atoms with van der Waals surface area (Å²) in [4.78, 5) is 28.9. The van der Waals surface area contributed by atoms with E-state index < -0.39 is 5.97 Å². The fraction of sp³-hybridized carbons (Fsp3) is 0.115. The minimum atomic E-state index is -0.528. The number of benzene rings is 3. The third-order valence-corrected chi connectivity index (χ3v) is 5.84. The molecule has 0 aliphatic rings. The van der Waals surface area contributed by atoms with Crippen LogP contribution in [0.4, 0.5) is 0 Å². The first-order valence-electron chi connectivity index (χ1n) is 10.3. The molecule has 0 saturated heterocycles. The molecule has 0 aliphatic heterocycles. The first kappa shape index (κ1) is 22.2. The van der Waals surface area contributed by atoms with Crippen LogP contribution >= 0.6 is 11.3 Å². The number of hydrogen-bond donors (Lipinski definition) is 1. The van der Waals surface area contributed by atoms with Crippen molar-refractivity contribution in [1.82, 2.24) is 10.3 Å². The van der Waals surface area contributed by atoms with Crippen LogP contribution < -0.4 is 10.1 Å². The van der Waals surface area contributed by atoms with Crippen LogP contribution in [0.15, 0.2) is 84.2 Å². The van der Waals surface area contributed by atoms with Crippen molar-refractivity contribution in [3.8, 4) is 27.4 Å². The summed E-state index contributed by atoms with van der Waals surface area (Å²) in [6, 6.07) is 24.7. The van der Waals surface area contributed by atoms with Crippen molar-refractivity contribution in [3.05, 3.63) is 95.5 Å². The van der Waals surface area contributed by atoms with Crippen LogP contribution in [-0.2, 0) is 16.1 Å². The Morgan fingerprint density at radius 1 is 0.909 bits per heavy atom. The number of carbonyl (C=O) groups is 2. The standard InChI is InChI=1S/C26H22N2O4S/c1-31-23-9-5-8-21(14-23)26-28-22(17-33-26)16-32-24(29)15-27-25(30)20-12-10-19(11-13-20)18-6-3-2-4-7-18/h2-14,17H,15-16H2,1H3,(H,27,30). The van der Waals surface area contributed by atoms with E-state index in [0.717, 1.165) is 27.4 Å². The molecule has 6 nitrogen and oxygen atoms in total. The molecule has 166 valence electrons. The minimum Gasteiger partial charge on any atom is -0.497 e. The van der Waals surface area contributed by atoms with E-state index in [-0.39, 0.29) is 19.1 Å². The third kappa shape index (κ3) is 5.84. The van der Waals surface area contributed by atoms with Crippen molar-refractivity contribution < 1.29 is 19.1 Å². The monoisotopic (exact) mass is 458 g/mol. The van der Waals surface area contributed by atoms with Gasteiger partial charge >= 0.3 is 5.97 Å². The Labute approximate surface area is 195 Å². The Hall–Kier alpha value is -3.97. The van der Waals surface area contributed by atoms with E-state index in [1.807, 2.05) is 72.1 Å². The number of ether oxygens (including phenoxy) is 2. The van der Waals surface area contributed by atoms with Crippen LogP contribution in [0.3, 0.4) is 0 Å². The maximum Gasteiger partial charge on any atom is 0.325 e. The van der Waals surface area contributed by atoms with Gasteiger partial charge in [-0.05, 0) is 35.4 Å². The number of amides is 1. The second-order valence-corrected chi connectivity index (χ2v) is 8.02. The molecule has 0 bridgehead atoms. The number of nitrogens with one attached hydrogen (secondary N) is 1. The van der Waals surface area contributed by atoms with Gasteiger partial charge in [0, 0.05) is 16.5 Å². The summed E-state index contributed by atoms with van der Waals surface area (Å²) in [6.07, 6.45) is 0. The van der Waals surface area contributed by atoms with Gasteiger partial charge in [-0.1, -0.05) is 54.6 Å². The van der Waals surface area contributed by atoms with Crippen LogP contribution in [0.2, 0.25) is 0 Å². The summed E-state index contributed by atoms with van der Waals surface area (Å²) in [5, 5.41) is 5.25. The second kappa shape index (κ2) is 10.6. The molecule has 0 atom stereocenters. The van der Waals surface area contributed by atoms with Crippen LogP contribution in [-0.4, -0.2) is 30.5 Å². The normalized spacial score (nSPS) is 10.5. The molecule has 0 aliphatic carbocycles. The number of thiazole rings is 1. The molecule has 1 heterocycles. The quantitative estimate of drug-likeness (QED) is 0.378. The average Bonchev–Trinajstić information content (AvgIpc) is 3.36. The first-order chi connectivity index (χ1) is 16.1. The van der Waals surface area contributed by atoms with Gasteiger partial charge in [0.15, 0.2) is 0 Å². The van der Waals surface area contributed by atoms with Gasteiger partial charge in [-0.2, -0.15) is 0 Å². The molecular formula is C26H22N2O4S. The summed E-state index contributed by atoms with van der Waals surface area (Å²) in [6.45, 7) is -0.174. The van der Waals surface area contributed by atoms with E-state index in [2.05, 4.69) is 10.3 Å². The lowest BCUT2D eigenvalue weighted by molar-refractivity contribution is -0.143. The Balaban J connectivity index is 1.26. The van der Waals surface area contributed by atoms with Gasteiger partial charge in [-0.25, -0.2) is 4.98 Å². The number of hydrogen-bond acceptors (Lipinski definition) is 6. The molecular weight excluding hydrogens is 436 g/mol. The van der Waals surface area contributed by atoms with Gasteiger partial charge in [0.2, 0.25) is 0 Å². The lowest BCUT2D eigenvalue weighted by atomic mass is 10.0. The molecule has 0 unspecified atom stereocenters. The highest BCUT2D eigenvalue weighted by molar-refractivity contribution is 7.13. The van der Waals surface area contributed by atoms with Crippen molar-refractivity contribution in [2.24, 2.45) is 0 Å². The number of aromatic nitrogens is 1. The Kier molecular flexibility index (Phi) is 7.12. The molecule has 0 fully saturated rings. The van der Waals surface area contributed by atoms with E-state index in [9.17, 15) is 9.59 Å². The fourth-order valence-electron chi connectivity index (χ4n) is 3.17. The van der Waals surface area contributed by atoms with Gasteiger partial charge in [-0.3, -0.25) is 9.59 Å². The largest absolute Gasteiger partial charge is 0.497 e. The topological polar surface area (TPSA) is 77.5 Å². The third-order valence-electron chi connectivity index (χ3n) is 4.90. The summed E-state index contributed by atoms with van der Waals surface area (Å²) < 4.78 is 10.5.